The average Bonchev–Trinajstić information content (AvgIpc) is 2.38. The van der Waals surface area contributed by atoms with Gasteiger partial charge < -0.3 is 9.84 Å². The minimum atomic E-state index is -0.694. The van der Waals surface area contributed by atoms with Gasteiger partial charge in [-0.1, -0.05) is 24.3 Å². The van der Waals surface area contributed by atoms with Crippen molar-refractivity contribution in [3.63, 3.8) is 0 Å². The maximum atomic E-state index is 10.2. The Morgan fingerprint density at radius 3 is 2.00 bits per heavy atom. The van der Waals surface area contributed by atoms with Gasteiger partial charge in [-0.15, -0.1) is 0 Å². The van der Waals surface area contributed by atoms with Gasteiger partial charge in [0.2, 0.25) is 0 Å². The van der Waals surface area contributed by atoms with E-state index in [-0.39, 0.29) is 5.97 Å². The van der Waals surface area contributed by atoms with E-state index in [4.69, 9.17) is 9.84 Å². The summed E-state index contributed by atoms with van der Waals surface area (Å²) in [6.07, 6.45) is 13.1. The van der Waals surface area contributed by atoms with Crippen LogP contribution in [0.15, 0.2) is 24.3 Å². The second-order valence-electron chi connectivity index (χ2n) is 4.26. The molecule has 0 unspecified atom stereocenters. The van der Waals surface area contributed by atoms with Gasteiger partial charge in [0.15, 0.2) is 0 Å². The quantitative estimate of drug-likeness (QED) is 0.393. The zero-order valence-corrected chi connectivity index (χ0v) is 12.9. The Bertz CT molecular complexity index is 263. The van der Waals surface area contributed by atoms with Crippen LogP contribution < -0.4 is 0 Å². The first-order chi connectivity index (χ1) is 9.54. The van der Waals surface area contributed by atoms with Gasteiger partial charge in [0.05, 0.1) is 6.61 Å². The summed E-state index contributed by atoms with van der Waals surface area (Å²) in [4.78, 5) is 20.3. The van der Waals surface area contributed by atoms with E-state index in [9.17, 15) is 9.59 Å². The van der Waals surface area contributed by atoms with Crippen LogP contribution in [0.4, 0.5) is 0 Å². The lowest BCUT2D eigenvalue weighted by molar-refractivity contribution is -0.141. The highest BCUT2D eigenvalue weighted by Gasteiger charge is 1.93. The lowest BCUT2D eigenvalue weighted by atomic mass is 10.2. The van der Waals surface area contributed by atoms with E-state index < -0.39 is 5.97 Å². The van der Waals surface area contributed by atoms with Crippen molar-refractivity contribution in [2.24, 2.45) is 0 Å². The van der Waals surface area contributed by atoms with Gasteiger partial charge in [0.1, 0.15) is 0 Å². The number of hydrogen-bond acceptors (Lipinski definition) is 3. The average molecular weight is 284 g/mol. The minimum absolute atomic E-state index is 0.194. The molecule has 0 aromatic rings. The number of carbonyl (C=O) groups is 2. The molecule has 0 aliphatic heterocycles. The molecule has 0 bridgehead atoms. The van der Waals surface area contributed by atoms with E-state index in [1.807, 2.05) is 26.0 Å². The van der Waals surface area contributed by atoms with Gasteiger partial charge in [-0.05, 0) is 46.0 Å². The summed E-state index contributed by atoms with van der Waals surface area (Å²) in [6, 6.07) is 0. The first-order valence-corrected chi connectivity index (χ1v) is 7.12. The van der Waals surface area contributed by atoms with E-state index in [2.05, 4.69) is 12.2 Å². The topological polar surface area (TPSA) is 63.6 Å². The SMILES string of the molecule is C/C=C/CCCCC(=O)O.C/C=C/CCCOC(C)=O. The first-order valence-electron chi connectivity index (χ1n) is 7.12. The van der Waals surface area contributed by atoms with Crippen molar-refractivity contribution in [2.45, 2.75) is 59.3 Å². The third-order valence-corrected chi connectivity index (χ3v) is 2.30. The van der Waals surface area contributed by atoms with Gasteiger partial charge in [-0.2, -0.15) is 0 Å². The highest BCUT2D eigenvalue weighted by Crippen LogP contribution is 1.99. The fourth-order valence-corrected chi connectivity index (χ4v) is 1.29. The van der Waals surface area contributed by atoms with Crippen LogP contribution in [0.1, 0.15) is 59.3 Å². The van der Waals surface area contributed by atoms with Crippen molar-refractivity contribution < 1.29 is 19.4 Å². The molecule has 0 aliphatic carbocycles. The maximum Gasteiger partial charge on any atom is 0.303 e. The molecular formula is C16H28O4. The third kappa shape index (κ3) is 25.3. The van der Waals surface area contributed by atoms with Crippen LogP contribution in [0, 0.1) is 0 Å². The fraction of sp³-hybridized carbons (Fsp3) is 0.625. The smallest absolute Gasteiger partial charge is 0.303 e. The molecule has 0 rings (SSSR count). The number of ether oxygens (including phenoxy) is 1. The van der Waals surface area contributed by atoms with Crippen molar-refractivity contribution in [3.8, 4) is 0 Å². The van der Waals surface area contributed by atoms with Crippen LogP contribution in [0.25, 0.3) is 0 Å². The summed E-state index contributed by atoms with van der Waals surface area (Å²) in [7, 11) is 0. The zero-order chi connectivity index (χ0) is 15.6. The number of esters is 1. The van der Waals surface area contributed by atoms with Crippen LogP contribution in [-0.4, -0.2) is 23.7 Å². The largest absolute Gasteiger partial charge is 0.481 e. The first kappa shape index (κ1) is 20.7. The maximum absolute atomic E-state index is 10.2. The van der Waals surface area contributed by atoms with Gasteiger partial charge in [-0.3, -0.25) is 9.59 Å². The number of aliphatic carboxylic acids is 1. The van der Waals surface area contributed by atoms with Crippen LogP contribution in [0.3, 0.4) is 0 Å². The molecule has 0 aliphatic rings. The molecule has 0 aromatic carbocycles. The molecule has 0 fully saturated rings. The monoisotopic (exact) mass is 284 g/mol. The normalized spacial score (nSPS) is 10.3. The summed E-state index contributed by atoms with van der Waals surface area (Å²) in [6.45, 7) is 5.92. The summed E-state index contributed by atoms with van der Waals surface area (Å²) < 4.78 is 4.72. The molecule has 20 heavy (non-hydrogen) atoms. The predicted molar refractivity (Wildman–Crippen MR) is 81.6 cm³/mol. The number of hydrogen-bond donors (Lipinski definition) is 1. The van der Waals surface area contributed by atoms with Crippen LogP contribution in [0.5, 0.6) is 0 Å². The number of rotatable bonds is 9. The van der Waals surface area contributed by atoms with Crippen LogP contribution in [-0.2, 0) is 14.3 Å². The predicted octanol–water partition coefficient (Wildman–Crippen LogP) is 4.11. The second kappa shape index (κ2) is 17.4. The molecule has 0 spiro atoms. The summed E-state index contributed by atoms with van der Waals surface area (Å²) in [5, 5.41) is 8.25. The molecule has 0 saturated heterocycles. The highest BCUT2D eigenvalue weighted by atomic mass is 16.5. The zero-order valence-electron chi connectivity index (χ0n) is 12.9. The molecule has 116 valence electrons. The molecular weight excluding hydrogens is 256 g/mol. The van der Waals surface area contributed by atoms with Gasteiger partial charge >= 0.3 is 11.9 Å². The molecule has 0 radical (unpaired) electrons. The van der Waals surface area contributed by atoms with E-state index >= 15 is 0 Å². The second-order valence-corrected chi connectivity index (χ2v) is 4.26. The Balaban J connectivity index is 0. The highest BCUT2D eigenvalue weighted by molar-refractivity contribution is 5.66. The number of unbranched alkanes of at least 4 members (excludes halogenated alkanes) is 3. The van der Waals surface area contributed by atoms with E-state index in [1.54, 1.807) is 0 Å². The summed E-state index contributed by atoms with van der Waals surface area (Å²) in [5.74, 6) is -0.888. The van der Waals surface area contributed by atoms with Crippen LogP contribution >= 0.6 is 0 Å². The lowest BCUT2D eigenvalue weighted by Crippen LogP contribution is -1.99. The number of allylic oxidation sites excluding steroid dienone is 4. The Labute approximate surface area is 122 Å². The van der Waals surface area contributed by atoms with Crippen molar-refractivity contribution in [1.29, 1.82) is 0 Å². The van der Waals surface area contributed by atoms with Crippen molar-refractivity contribution in [2.75, 3.05) is 6.61 Å². The number of carboxylic acids is 1. The molecule has 0 heterocycles. The minimum Gasteiger partial charge on any atom is -0.481 e. The molecule has 0 aromatic heterocycles. The van der Waals surface area contributed by atoms with Crippen LogP contribution in [0.2, 0.25) is 0 Å². The van der Waals surface area contributed by atoms with Gasteiger partial charge in [0, 0.05) is 13.3 Å². The molecule has 4 nitrogen and oxygen atoms in total. The van der Waals surface area contributed by atoms with Crippen molar-refractivity contribution in [1.82, 2.24) is 0 Å². The van der Waals surface area contributed by atoms with Gasteiger partial charge in [0.25, 0.3) is 0 Å². The standard InChI is InChI=1S/2C8H14O2/c1-3-4-5-6-7-10-8(2)9;1-2-3-4-5-6-7-8(9)10/h3-4H,5-7H2,1-2H3;2-3H,4-7H2,1H3,(H,9,10)/b4-3+;3-2+. The Kier molecular flexibility index (Phi) is 18.1. The molecule has 1 N–H and O–H groups in total. The molecule has 0 atom stereocenters. The Hall–Kier alpha value is -1.58. The third-order valence-electron chi connectivity index (χ3n) is 2.30. The van der Waals surface area contributed by atoms with Crippen molar-refractivity contribution >= 4 is 11.9 Å². The molecule has 0 saturated carbocycles. The number of carbonyl (C=O) groups excluding carboxylic acids is 1. The number of carboxylic acid groups (broad SMARTS) is 1. The lowest BCUT2D eigenvalue weighted by Gasteiger charge is -1.97. The summed E-state index contributed by atoms with van der Waals surface area (Å²) in [5.41, 5.74) is 0. The Morgan fingerprint density at radius 1 is 1.00 bits per heavy atom. The molecule has 0 amide bonds. The Morgan fingerprint density at radius 2 is 1.55 bits per heavy atom. The van der Waals surface area contributed by atoms with Gasteiger partial charge in [-0.25, -0.2) is 0 Å². The van der Waals surface area contributed by atoms with E-state index in [1.165, 1.54) is 6.92 Å². The molecule has 4 heteroatoms. The van der Waals surface area contributed by atoms with Crippen molar-refractivity contribution in [3.05, 3.63) is 24.3 Å². The summed E-state index contributed by atoms with van der Waals surface area (Å²) >= 11 is 0. The van der Waals surface area contributed by atoms with E-state index in [0.717, 1.165) is 32.1 Å². The fourth-order valence-electron chi connectivity index (χ4n) is 1.29. The van der Waals surface area contributed by atoms with E-state index in [0.29, 0.717) is 13.0 Å².